The number of pyridine rings is 1. The van der Waals surface area contributed by atoms with Gasteiger partial charge in [0.15, 0.2) is 0 Å². The SMILES string of the molecule is O=C(CCc1cn2ccccc2n1)N1CCC(c2cc(=O)[nH]cn2)CC1. The lowest BCUT2D eigenvalue weighted by Gasteiger charge is -2.31. The van der Waals surface area contributed by atoms with Gasteiger partial charge in [-0.3, -0.25) is 9.59 Å². The number of rotatable bonds is 4. The largest absolute Gasteiger partial charge is 0.343 e. The Morgan fingerprint density at radius 3 is 2.88 bits per heavy atom. The third-order valence-electron chi connectivity index (χ3n) is 4.97. The van der Waals surface area contributed by atoms with Crippen LogP contribution < -0.4 is 5.56 Å². The number of aryl methyl sites for hydroxylation is 1. The molecule has 0 aromatic carbocycles. The third kappa shape index (κ3) is 3.51. The smallest absolute Gasteiger partial charge is 0.250 e. The topological polar surface area (TPSA) is 83.4 Å². The summed E-state index contributed by atoms with van der Waals surface area (Å²) in [5.41, 5.74) is 2.54. The van der Waals surface area contributed by atoms with Crippen LogP contribution >= 0.6 is 0 Å². The first-order valence-electron chi connectivity index (χ1n) is 8.94. The second-order valence-corrected chi connectivity index (χ2v) is 6.69. The molecule has 4 rings (SSSR count). The van der Waals surface area contributed by atoms with Crippen molar-refractivity contribution in [2.45, 2.75) is 31.6 Å². The molecule has 7 heteroatoms. The summed E-state index contributed by atoms with van der Waals surface area (Å²) in [6.07, 6.45) is 8.19. The number of likely N-dealkylation sites (tertiary alicyclic amines) is 1. The third-order valence-corrected chi connectivity index (χ3v) is 4.97. The molecule has 0 bridgehead atoms. The molecule has 1 aliphatic heterocycles. The number of aromatic amines is 1. The van der Waals surface area contributed by atoms with Gasteiger partial charge in [0.1, 0.15) is 5.65 Å². The minimum atomic E-state index is -0.124. The summed E-state index contributed by atoms with van der Waals surface area (Å²) >= 11 is 0. The van der Waals surface area contributed by atoms with Gasteiger partial charge in [-0.15, -0.1) is 0 Å². The number of nitrogens with one attached hydrogen (secondary N) is 1. The van der Waals surface area contributed by atoms with E-state index in [9.17, 15) is 9.59 Å². The number of imidazole rings is 1. The molecule has 0 radical (unpaired) electrons. The van der Waals surface area contributed by atoms with Crippen molar-refractivity contribution in [3.05, 3.63) is 64.7 Å². The number of H-pyrrole nitrogens is 1. The molecule has 3 aromatic heterocycles. The molecule has 26 heavy (non-hydrogen) atoms. The summed E-state index contributed by atoms with van der Waals surface area (Å²) in [5.74, 6) is 0.416. The van der Waals surface area contributed by atoms with E-state index in [0.29, 0.717) is 25.9 Å². The van der Waals surface area contributed by atoms with Crippen molar-refractivity contribution in [3.8, 4) is 0 Å². The first-order chi connectivity index (χ1) is 12.7. The second-order valence-electron chi connectivity index (χ2n) is 6.69. The van der Waals surface area contributed by atoms with Gasteiger partial charge in [0.2, 0.25) is 5.91 Å². The number of fused-ring (bicyclic) bond motifs is 1. The number of hydrogen-bond donors (Lipinski definition) is 1. The Morgan fingerprint density at radius 2 is 2.12 bits per heavy atom. The van der Waals surface area contributed by atoms with Gasteiger partial charge in [-0.05, 0) is 31.4 Å². The summed E-state index contributed by atoms with van der Waals surface area (Å²) in [7, 11) is 0. The maximum atomic E-state index is 12.5. The molecule has 3 aromatic rings. The molecule has 1 amide bonds. The first-order valence-corrected chi connectivity index (χ1v) is 8.94. The van der Waals surface area contributed by atoms with Gasteiger partial charge in [-0.1, -0.05) is 6.07 Å². The quantitative estimate of drug-likeness (QED) is 0.776. The van der Waals surface area contributed by atoms with Gasteiger partial charge in [-0.2, -0.15) is 0 Å². The molecule has 134 valence electrons. The fourth-order valence-electron chi connectivity index (χ4n) is 3.53. The lowest BCUT2D eigenvalue weighted by Crippen LogP contribution is -2.38. The molecule has 1 N–H and O–H groups in total. The van der Waals surface area contributed by atoms with Crippen LogP contribution in [0.4, 0.5) is 0 Å². The van der Waals surface area contributed by atoms with E-state index >= 15 is 0 Å². The Labute approximate surface area is 150 Å². The van der Waals surface area contributed by atoms with Gasteiger partial charge >= 0.3 is 0 Å². The monoisotopic (exact) mass is 351 g/mol. The van der Waals surface area contributed by atoms with Gasteiger partial charge in [0.05, 0.1) is 17.7 Å². The number of aromatic nitrogens is 4. The Bertz CT molecular complexity index is 936. The zero-order valence-corrected chi connectivity index (χ0v) is 14.5. The van der Waals surface area contributed by atoms with Crippen LogP contribution in [0.25, 0.3) is 5.65 Å². The van der Waals surface area contributed by atoms with Crippen LogP contribution in [-0.2, 0) is 11.2 Å². The van der Waals surface area contributed by atoms with E-state index in [1.807, 2.05) is 39.9 Å². The van der Waals surface area contributed by atoms with Crippen LogP contribution in [0.5, 0.6) is 0 Å². The first kappa shape index (κ1) is 16.5. The number of carbonyl (C=O) groups is 1. The average molecular weight is 351 g/mol. The van der Waals surface area contributed by atoms with Crippen LogP contribution in [0.15, 0.2) is 47.8 Å². The molecule has 1 fully saturated rings. The summed E-state index contributed by atoms with van der Waals surface area (Å²) in [6, 6.07) is 7.43. The summed E-state index contributed by atoms with van der Waals surface area (Å²) < 4.78 is 1.97. The highest BCUT2D eigenvalue weighted by Gasteiger charge is 2.24. The number of hydrogen-bond acceptors (Lipinski definition) is 4. The van der Waals surface area contributed by atoms with Crippen molar-refractivity contribution in [1.82, 2.24) is 24.3 Å². The molecule has 4 heterocycles. The highest BCUT2D eigenvalue weighted by atomic mass is 16.2. The fourth-order valence-corrected chi connectivity index (χ4v) is 3.53. The van der Waals surface area contributed by atoms with E-state index in [1.165, 1.54) is 6.33 Å². The van der Waals surface area contributed by atoms with Gasteiger partial charge in [0.25, 0.3) is 5.56 Å². The highest BCUT2D eigenvalue weighted by Crippen LogP contribution is 2.26. The van der Waals surface area contributed by atoms with Crippen molar-refractivity contribution in [1.29, 1.82) is 0 Å². The van der Waals surface area contributed by atoms with Crippen LogP contribution in [0.2, 0.25) is 0 Å². The van der Waals surface area contributed by atoms with Crippen molar-refractivity contribution in [2.24, 2.45) is 0 Å². The molecule has 0 aliphatic carbocycles. The van der Waals surface area contributed by atoms with Crippen molar-refractivity contribution >= 4 is 11.6 Å². The fraction of sp³-hybridized carbons (Fsp3) is 0.368. The highest BCUT2D eigenvalue weighted by molar-refractivity contribution is 5.76. The normalized spacial score (nSPS) is 15.5. The lowest BCUT2D eigenvalue weighted by atomic mass is 9.93. The van der Waals surface area contributed by atoms with Crippen LogP contribution in [0.1, 0.15) is 36.6 Å². The van der Waals surface area contributed by atoms with Gasteiger partial charge in [0, 0.05) is 43.9 Å². The predicted molar refractivity (Wildman–Crippen MR) is 96.9 cm³/mol. The van der Waals surface area contributed by atoms with Crippen LogP contribution in [0, 0.1) is 0 Å². The molecule has 1 saturated heterocycles. The molecular weight excluding hydrogens is 330 g/mol. The summed E-state index contributed by atoms with van der Waals surface area (Å²) in [5, 5.41) is 0. The molecule has 0 atom stereocenters. The number of nitrogens with zero attached hydrogens (tertiary/aromatic N) is 4. The number of piperidine rings is 1. The molecule has 0 spiro atoms. The second kappa shape index (κ2) is 7.11. The lowest BCUT2D eigenvalue weighted by molar-refractivity contribution is -0.132. The molecule has 0 unspecified atom stereocenters. The van der Waals surface area contributed by atoms with Gasteiger partial charge < -0.3 is 14.3 Å². The standard InChI is InChI=1S/C19H21N5O2/c25-18-11-16(20-13-21-18)14-6-9-23(10-7-14)19(26)5-4-15-12-24-8-2-1-3-17(24)22-15/h1-3,8,11-14H,4-7,9-10H2,(H,20,21,25). The minimum Gasteiger partial charge on any atom is -0.343 e. The summed E-state index contributed by atoms with van der Waals surface area (Å²) in [4.78, 5) is 37.2. The predicted octanol–water partition coefficient (Wildman–Crippen LogP) is 1.76. The average Bonchev–Trinajstić information content (AvgIpc) is 3.09. The Morgan fingerprint density at radius 1 is 1.27 bits per heavy atom. The van der Waals surface area contributed by atoms with E-state index < -0.39 is 0 Å². The Balaban J connectivity index is 1.31. The molecule has 0 saturated carbocycles. The van der Waals surface area contributed by atoms with Gasteiger partial charge in [-0.25, -0.2) is 9.97 Å². The number of amides is 1. The van der Waals surface area contributed by atoms with E-state index in [2.05, 4.69) is 15.0 Å². The van der Waals surface area contributed by atoms with Crippen molar-refractivity contribution in [2.75, 3.05) is 13.1 Å². The Hall–Kier alpha value is -2.96. The molecule has 1 aliphatic rings. The maximum absolute atomic E-state index is 12.5. The summed E-state index contributed by atoms with van der Waals surface area (Å²) in [6.45, 7) is 1.42. The number of carbonyl (C=O) groups excluding carboxylic acids is 1. The van der Waals surface area contributed by atoms with E-state index in [4.69, 9.17) is 0 Å². The van der Waals surface area contributed by atoms with E-state index in [0.717, 1.165) is 29.9 Å². The van der Waals surface area contributed by atoms with E-state index in [1.54, 1.807) is 6.07 Å². The van der Waals surface area contributed by atoms with E-state index in [-0.39, 0.29) is 17.4 Å². The minimum absolute atomic E-state index is 0.124. The van der Waals surface area contributed by atoms with Crippen LogP contribution in [-0.4, -0.2) is 43.2 Å². The van der Waals surface area contributed by atoms with Crippen molar-refractivity contribution < 1.29 is 4.79 Å². The molecule has 7 nitrogen and oxygen atoms in total. The zero-order valence-electron chi connectivity index (χ0n) is 14.5. The zero-order chi connectivity index (χ0) is 17.9. The van der Waals surface area contributed by atoms with Crippen LogP contribution in [0.3, 0.4) is 0 Å². The Kier molecular flexibility index (Phi) is 4.51. The maximum Gasteiger partial charge on any atom is 0.250 e. The van der Waals surface area contributed by atoms with Crippen molar-refractivity contribution in [3.63, 3.8) is 0 Å². The molecular formula is C19H21N5O2.